The Kier molecular flexibility index (Phi) is 3.77. The summed E-state index contributed by atoms with van der Waals surface area (Å²) in [6.07, 6.45) is 0. The molecule has 0 aliphatic rings. The highest BCUT2D eigenvalue weighted by Gasteiger charge is 2.03. The standard InChI is InChI=1S/C11H17NO2/c1-8-3-4-11(10(12)5-8)14-7-9(2)6-13/h3-5,9,13H,6-7,12H2,1-2H3. The summed E-state index contributed by atoms with van der Waals surface area (Å²) in [6, 6.07) is 5.68. The topological polar surface area (TPSA) is 55.5 Å². The molecule has 0 aromatic heterocycles. The lowest BCUT2D eigenvalue weighted by Crippen LogP contribution is -2.12. The molecule has 1 rings (SSSR count). The van der Waals surface area contributed by atoms with E-state index in [4.69, 9.17) is 15.6 Å². The van der Waals surface area contributed by atoms with Gasteiger partial charge in [-0.05, 0) is 24.6 Å². The zero-order chi connectivity index (χ0) is 10.6. The highest BCUT2D eigenvalue weighted by molar-refractivity contribution is 5.53. The summed E-state index contributed by atoms with van der Waals surface area (Å²) in [6.45, 7) is 4.52. The quantitative estimate of drug-likeness (QED) is 0.717. The van der Waals surface area contributed by atoms with E-state index < -0.39 is 0 Å². The molecule has 0 saturated heterocycles. The zero-order valence-corrected chi connectivity index (χ0v) is 8.66. The van der Waals surface area contributed by atoms with Crippen LogP contribution in [0.5, 0.6) is 5.75 Å². The molecule has 0 aliphatic heterocycles. The maximum absolute atomic E-state index is 8.81. The Morgan fingerprint density at radius 2 is 2.21 bits per heavy atom. The first-order valence-corrected chi connectivity index (χ1v) is 4.73. The maximum Gasteiger partial charge on any atom is 0.142 e. The van der Waals surface area contributed by atoms with Crippen LogP contribution >= 0.6 is 0 Å². The second-order valence-electron chi connectivity index (χ2n) is 3.64. The first-order chi connectivity index (χ1) is 6.63. The molecular formula is C11H17NO2. The van der Waals surface area contributed by atoms with Crippen molar-refractivity contribution in [1.82, 2.24) is 0 Å². The van der Waals surface area contributed by atoms with Crippen LogP contribution < -0.4 is 10.5 Å². The van der Waals surface area contributed by atoms with Crippen LogP contribution in [-0.4, -0.2) is 18.3 Å². The normalized spacial score (nSPS) is 12.5. The van der Waals surface area contributed by atoms with Crippen molar-refractivity contribution in [2.24, 2.45) is 5.92 Å². The van der Waals surface area contributed by atoms with Gasteiger partial charge in [-0.2, -0.15) is 0 Å². The molecule has 0 fully saturated rings. The first kappa shape index (κ1) is 10.9. The minimum absolute atomic E-state index is 0.131. The molecule has 0 radical (unpaired) electrons. The predicted molar refractivity (Wildman–Crippen MR) is 57.3 cm³/mol. The average Bonchev–Trinajstić information content (AvgIpc) is 2.16. The molecule has 3 heteroatoms. The highest BCUT2D eigenvalue weighted by Crippen LogP contribution is 2.22. The van der Waals surface area contributed by atoms with E-state index in [0.717, 1.165) is 5.56 Å². The molecule has 14 heavy (non-hydrogen) atoms. The van der Waals surface area contributed by atoms with Crippen LogP contribution in [0.4, 0.5) is 5.69 Å². The number of ether oxygens (including phenoxy) is 1. The molecule has 1 atom stereocenters. The van der Waals surface area contributed by atoms with Gasteiger partial charge in [0.2, 0.25) is 0 Å². The third-order valence-corrected chi connectivity index (χ3v) is 2.00. The van der Waals surface area contributed by atoms with Crippen molar-refractivity contribution >= 4 is 5.69 Å². The average molecular weight is 195 g/mol. The monoisotopic (exact) mass is 195 g/mol. The number of rotatable bonds is 4. The lowest BCUT2D eigenvalue weighted by molar-refractivity contribution is 0.175. The maximum atomic E-state index is 8.81. The summed E-state index contributed by atoms with van der Waals surface area (Å²) in [7, 11) is 0. The second-order valence-corrected chi connectivity index (χ2v) is 3.64. The third kappa shape index (κ3) is 2.92. The minimum Gasteiger partial charge on any atom is -0.491 e. The number of nitrogens with two attached hydrogens (primary N) is 1. The Labute approximate surface area is 84.5 Å². The molecule has 3 nitrogen and oxygen atoms in total. The van der Waals surface area contributed by atoms with E-state index >= 15 is 0 Å². The molecule has 3 N–H and O–H groups in total. The highest BCUT2D eigenvalue weighted by atomic mass is 16.5. The van der Waals surface area contributed by atoms with Crippen molar-refractivity contribution in [3.63, 3.8) is 0 Å². The number of hydrogen-bond donors (Lipinski definition) is 2. The van der Waals surface area contributed by atoms with Gasteiger partial charge in [0, 0.05) is 12.5 Å². The van der Waals surface area contributed by atoms with Gasteiger partial charge >= 0.3 is 0 Å². The Hall–Kier alpha value is -1.22. The summed E-state index contributed by atoms with van der Waals surface area (Å²) >= 11 is 0. The summed E-state index contributed by atoms with van der Waals surface area (Å²) in [5.41, 5.74) is 7.53. The van der Waals surface area contributed by atoms with Crippen LogP contribution in [0.3, 0.4) is 0 Å². The van der Waals surface area contributed by atoms with Crippen molar-refractivity contribution in [3.8, 4) is 5.75 Å². The van der Waals surface area contributed by atoms with Crippen LogP contribution in [-0.2, 0) is 0 Å². The molecule has 0 spiro atoms. The number of aliphatic hydroxyl groups excluding tert-OH is 1. The van der Waals surface area contributed by atoms with Gasteiger partial charge < -0.3 is 15.6 Å². The molecule has 78 valence electrons. The summed E-state index contributed by atoms with van der Waals surface area (Å²) < 4.78 is 5.46. The lowest BCUT2D eigenvalue weighted by atomic mass is 10.2. The molecule has 1 aromatic carbocycles. The number of hydrogen-bond acceptors (Lipinski definition) is 3. The predicted octanol–water partition coefficient (Wildman–Crippen LogP) is 1.58. The number of nitrogen functional groups attached to an aromatic ring is 1. The van der Waals surface area contributed by atoms with Crippen molar-refractivity contribution in [2.75, 3.05) is 18.9 Å². The molecule has 0 bridgehead atoms. The number of aryl methyl sites for hydroxylation is 1. The molecule has 0 saturated carbocycles. The fourth-order valence-electron chi connectivity index (χ4n) is 1.08. The van der Waals surface area contributed by atoms with E-state index in [-0.39, 0.29) is 12.5 Å². The first-order valence-electron chi connectivity index (χ1n) is 4.73. The largest absolute Gasteiger partial charge is 0.491 e. The Bertz CT molecular complexity index is 299. The summed E-state index contributed by atoms with van der Waals surface area (Å²) in [5, 5.41) is 8.81. The van der Waals surface area contributed by atoms with Gasteiger partial charge in [-0.1, -0.05) is 13.0 Å². The molecule has 1 aromatic rings. The van der Waals surface area contributed by atoms with E-state index in [9.17, 15) is 0 Å². The smallest absolute Gasteiger partial charge is 0.142 e. The van der Waals surface area contributed by atoms with Gasteiger partial charge in [0.15, 0.2) is 0 Å². The van der Waals surface area contributed by atoms with E-state index in [1.807, 2.05) is 32.0 Å². The molecule has 1 unspecified atom stereocenters. The van der Waals surface area contributed by atoms with Crippen molar-refractivity contribution < 1.29 is 9.84 Å². The van der Waals surface area contributed by atoms with E-state index in [1.54, 1.807) is 0 Å². The number of benzene rings is 1. The zero-order valence-electron chi connectivity index (χ0n) is 8.66. The van der Waals surface area contributed by atoms with Gasteiger partial charge in [-0.25, -0.2) is 0 Å². The van der Waals surface area contributed by atoms with Gasteiger partial charge in [-0.15, -0.1) is 0 Å². The van der Waals surface area contributed by atoms with Gasteiger partial charge in [0.1, 0.15) is 5.75 Å². The molecule has 0 aliphatic carbocycles. The molecular weight excluding hydrogens is 178 g/mol. The second kappa shape index (κ2) is 4.86. The van der Waals surface area contributed by atoms with Gasteiger partial charge in [-0.3, -0.25) is 0 Å². The van der Waals surface area contributed by atoms with E-state index in [2.05, 4.69) is 0 Å². The number of anilines is 1. The fraction of sp³-hybridized carbons (Fsp3) is 0.455. The third-order valence-electron chi connectivity index (χ3n) is 2.00. The molecule has 0 heterocycles. The Morgan fingerprint density at radius 1 is 1.50 bits per heavy atom. The van der Waals surface area contributed by atoms with Crippen LogP contribution in [0.15, 0.2) is 18.2 Å². The van der Waals surface area contributed by atoms with Gasteiger partial charge in [0.05, 0.1) is 12.3 Å². The van der Waals surface area contributed by atoms with E-state index in [1.165, 1.54) is 0 Å². The van der Waals surface area contributed by atoms with Crippen molar-refractivity contribution in [2.45, 2.75) is 13.8 Å². The Morgan fingerprint density at radius 3 is 2.79 bits per heavy atom. The Balaban J connectivity index is 2.59. The van der Waals surface area contributed by atoms with Crippen molar-refractivity contribution in [1.29, 1.82) is 0 Å². The lowest BCUT2D eigenvalue weighted by Gasteiger charge is -2.12. The SMILES string of the molecule is Cc1ccc(OCC(C)CO)c(N)c1. The number of aliphatic hydroxyl groups is 1. The van der Waals surface area contributed by atoms with Crippen LogP contribution in [0, 0.1) is 12.8 Å². The van der Waals surface area contributed by atoms with Crippen LogP contribution in [0.1, 0.15) is 12.5 Å². The van der Waals surface area contributed by atoms with E-state index in [0.29, 0.717) is 18.0 Å². The van der Waals surface area contributed by atoms with Gasteiger partial charge in [0.25, 0.3) is 0 Å². The minimum atomic E-state index is 0.131. The van der Waals surface area contributed by atoms with Crippen LogP contribution in [0.25, 0.3) is 0 Å². The summed E-state index contributed by atoms with van der Waals surface area (Å²) in [4.78, 5) is 0. The summed E-state index contributed by atoms with van der Waals surface area (Å²) in [5.74, 6) is 0.826. The fourth-order valence-corrected chi connectivity index (χ4v) is 1.08. The molecule has 0 amide bonds. The van der Waals surface area contributed by atoms with Crippen LogP contribution in [0.2, 0.25) is 0 Å². The van der Waals surface area contributed by atoms with Crippen molar-refractivity contribution in [3.05, 3.63) is 23.8 Å².